The molecule has 0 aromatic heterocycles. The molecule has 166 valence electrons. The van der Waals surface area contributed by atoms with E-state index in [1.807, 2.05) is 69.3 Å². The van der Waals surface area contributed by atoms with E-state index in [4.69, 9.17) is 4.74 Å². The molecule has 1 N–H and O–H groups in total. The van der Waals surface area contributed by atoms with Gasteiger partial charge in [-0.05, 0) is 57.2 Å². The zero-order chi connectivity index (χ0) is 22.2. The lowest BCUT2D eigenvalue weighted by atomic mass is 10.1. The van der Waals surface area contributed by atoms with Crippen LogP contribution in [0.3, 0.4) is 0 Å². The summed E-state index contributed by atoms with van der Waals surface area (Å²) in [6, 6.07) is 15.6. The van der Waals surface area contributed by atoms with E-state index in [-0.39, 0.29) is 24.5 Å². The van der Waals surface area contributed by atoms with Gasteiger partial charge in [0, 0.05) is 12.6 Å². The first-order chi connectivity index (χ1) is 14.9. The Kier molecular flexibility index (Phi) is 8.10. The zero-order valence-electron chi connectivity index (χ0n) is 18.9. The molecule has 3 rings (SSSR count). The van der Waals surface area contributed by atoms with Gasteiger partial charge in [0.05, 0.1) is 0 Å². The molecule has 2 aromatic rings. The number of carbonyl (C=O) groups is 2. The lowest BCUT2D eigenvalue weighted by molar-refractivity contribution is -0.141. The van der Waals surface area contributed by atoms with Crippen molar-refractivity contribution in [2.24, 2.45) is 0 Å². The highest BCUT2D eigenvalue weighted by Gasteiger charge is 2.28. The Hall–Kier alpha value is -2.82. The van der Waals surface area contributed by atoms with E-state index < -0.39 is 6.04 Å². The predicted molar refractivity (Wildman–Crippen MR) is 123 cm³/mol. The van der Waals surface area contributed by atoms with Gasteiger partial charge in [-0.25, -0.2) is 0 Å². The Balaban J connectivity index is 1.66. The number of benzene rings is 2. The van der Waals surface area contributed by atoms with Crippen molar-refractivity contribution in [2.75, 3.05) is 13.2 Å². The second kappa shape index (κ2) is 11.0. The van der Waals surface area contributed by atoms with Gasteiger partial charge in [0.15, 0.2) is 6.61 Å². The smallest absolute Gasteiger partial charge is 0.261 e. The molecule has 0 radical (unpaired) electrons. The van der Waals surface area contributed by atoms with Crippen molar-refractivity contribution in [3.8, 4) is 5.75 Å². The minimum Gasteiger partial charge on any atom is -0.483 e. The molecule has 0 saturated heterocycles. The summed E-state index contributed by atoms with van der Waals surface area (Å²) >= 11 is 0. The monoisotopic (exact) mass is 422 g/mol. The summed E-state index contributed by atoms with van der Waals surface area (Å²) in [5.74, 6) is 0.440. The van der Waals surface area contributed by atoms with Gasteiger partial charge in [-0.2, -0.15) is 0 Å². The van der Waals surface area contributed by atoms with E-state index in [0.717, 1.165) is 42.4 Å². The maximum absolute atomic E-state index is 13.1. The summed E-state index contributed by atoms with van der Waals surface area (Å²) in [7, 11) is 0. The van der Waals surface area contributed by atoms with Gasteiger partial charge in [0.2, 0.25) is 5.91 Å². The Bertz CT molecular complexity index is 875. The number of hydrogen-bond donors (Lipinski definition) is 1. The van der Waals surface area contributed by atoms with Crippen molar-refractivity contribution in [3.05, 3.63) is 65.2 Å². The highest BCUT2D eigenvalue weighted by molar-refractivity contribution is 5.88. The Morgan fingerprint density at radius 1 is 1.10 bits per heavy atom. The molecule has 1 aliphatic carbocycles. The van der Waals surface area contributed by atoms with Gasteiger partial charge in [-0.1, -0.05) is 60.9 Å². The van der Waals surface area contributed by atoms with Crippen molar-refractivity contribution < 1.29 is 14.3 Å². The molecule has 1 atom stereocenters. The lowest BCUT2D eigenvalue weighted by Gasteiger charge is -2.29. The van der Waals surface area contributed by atoms with Crippen LogP contribution in [0.15, 0.2) is 48.5 Å². The largest absolute Gasteiger partial charge is 0.483 e. The van der Waals surface area contributed by atoms with Crippen LogP contribution in [0.1, 0.15) is 49.3 Å². The molecule has 1 saturated carbocycles. The van der Waals surface area contributed by atoms with Crippen molar-refractivity contribution >= 4 is 11.8 Å². The number of ether oxygens (including phenoxy) is 1. The summed E-state index contributed by atoms with van der Waals surface area (Å²) in [5, 5.41) is 3.13. The van der Waals surface area contributed by atoms with Gasteiger partial charge in [-0.15, -0.1) is 0 Å². The number of hydrogen-bond acceptors (Lipinski definition) is 3. The third kappa shape index (κ3) is 6.58. The Morgan fingerprint density at radius 3 is 2.48 bits per heavy atom. The van der Waals surface area contributed by atoms with E-state index in [2.05, 4.69) is 5.32 Å². The molecular weight excluding hydrogens is 388 g/mol. The molecule has 1 fully saturated rings. The molecule has 0 bridgehead atoms. The van der Waals surface area contributed by atoms with Gasteiger partial charge in [-0.3, -0.25) is 9.59 Å². The fourth-order valence-corrected chi connectivity index (χ4v) is 4.15. The van der Waals surface area contributed by atoms with Gasteiger partial charge < -0.3 is 15.0 Å². The van der Waals surface area contributed by atoms with Crippen LogP contribution < -0.4 is 10.1 Å². The second-order valence-corrected chi connectivity index (χ2v) is 8.55. The first-order valence-electron chi connectivity index (χ1n) is 11.3. The third-order valence-electron chi connectivity index (χ3n) is 6.03. The van der Waals surface area contributed by atoms with Crippen molar-refractivity contribution in [1.29, 1.82) is 0 Å². The highest BCUT2D eigenvalue weighted by Crippen LogP contribution is 2.20. The molecule has 5 nitrogen and oxygen atoms in total. The van der Waals surface area contributed by atoms with Crippen LogP contribution in [0.4, 0.5) is 0 Å². The topological polar surface area (TPSA) is 58.6 Å². The van der Waals surface area contributed by atoms with Gasteiger partial charge >= 0.3 is 0 Å². The molecule has 5 heteroatoms. The molecule has 0 aliphatic heterocycles. The van der Waals surface area contributed by atoms with Crippen LogP contribution in [0.5, 0.6) is 5.75 Å². The zero-order valence-corrected chi connectivity index (χ0v) is 18.9. The standard InChI is InChI=1S/C26H34N2O3/c1-19-13-14-24(20(2)17-19)31-18-25(29)28(16-15-22-9-5-4-6-10-22)21(3)26(30)27-23-11-7-8-12-23/h4-6,9-10,13-14,17,21,23H,7-8,11-12,15-16,18H2,1-3H3,(H,27,30)/t21-/m0/s1. The SMILES string of the molecule is Cc1ccc(OCC(=O)N(CCc2ccccc2)[C@@H](C)C(=O)NC2CCCC2)c(C)c1. The Labute approximate surface area is 185 Å². The van der Waals surface area contributed by atoms with E-state index in [0.29, 0.717) is 18.7 Å². The van der Waals surface area contributed by atoms with E-state index in [9.17, 15) is 9.59 Å². The normalized spacial score (nSPS) is 14.8. The average Bonchev–Trinajstić information content (AvgIpc) is 3.27. The molecule has 0 heterocycles. The number of aryl methyl sites for hydroxylation is 2. The van der Waals surface area contributed by atoms with E-state index >= 15 is 0 Å². The number of nitrogens with zero attached hydrogens (tertiary/aromatic N) is 1. The third-order valence-corrected chi connectivity index (χ3v) is 6.03. The first kappa shape index (κ1) is 22.9. The van der Waals surface area contributed by atoms with Crippen LogP contribution >= 0.6 is 0 Å². The molecule has 0 unspecified atom stereocenters. The summed E-state index contributed by atoms with van der Waals surface area (Å²) in [5.41, 5.74) is 3.28. The minimum atomic E-state index is -0.542. The maximum atomic E-state index is 13.1. The number of carbonyl (C=O) groups excluding carboxylic acids is 2. The summed E-state index contributed by atoms with van der Waals surface area (Å²) in [4.78, 5) is 27.6. The summed E-state index contributed by atoms with van der Waals surface area (Å²) in [6.07, 6.45) is 5.04. The number of amides is 2. The van der Waals surface area contributed by atoms with Gasteiger partial charge in [0.1, 0.15) is 11.8 Å². The predicted octanol–water partition coefficient (Wildman–Crippen LogP) is 4.20. The van der Waals surface area contributed by atoms with Crippen LogP contribution in [0.25, 0.3) is 0 Å². The molecule has 2 aromatic carbocycles. The fraction of sp³-hybridized carbons (Fsp3) is 0.462. The van der Waals surface area contributed by atoms with Crippen LogP contribution in [0.2, 0.25) is 0 Å². The maximum Gasteiger partial charge on any atom is 0.261 e. The number of nitrogens with one attached hydrogen (secondary N) is 1. The van der Waals surface area contributed by atoms with E-state index in [1.54, 1.807) is 4.90 Å². The van der Waals surface area contributed by atoms with Crippen LogP contribution in [-0.4, -0.2) is 41.9 Å². The number of rotatable bonds is 9. The molecule has 1 aliphatic rings. The quantitative estimate of drug-likeness (QED) is 0.659. The van der Waals surface area contributed by atoms with Crippen molar-refractivity contribution in [3.63, 3.8) is 0 Å². The molecular formula is C26H34N2O3. The average molecular weight is 423 g/mol. The second-order valence-electron chi connectivity index (χ2n) is 8.55. The molecule has 31 heavy (non-hydrogen) atoms. The summed E-state index contributed by atoms with van der Waals surface area (Å²) < 4.78 is 5.83. The van der Waals surface area contributed by atoms with E-state index in [1.165, 1.54) is 0 Å². The van der Waals surface area contributed by atoms with Crippen molar-refractivity contribution in [1.82, 2.24) is 10.2 Å². The summed E-state index contributed by atoms with van der Waals surface area (Å²) in [6.45, 7) is 6.19. The minimum absolute atomic E-state index is 0.0835. The molecule has 0 spiro atoms. The first-order valence-corrected chi connectivity index (χ1v) is 11.3. The lowest BCUT2D eigenvalue weighted by Crippen LogP contribution is -2.51. The van der Waals surface area contributed by atoms with Gasteiger partial charge in [0.25, 0.3) is 5.91 Å². The van der Waals surface area contributed by atoms with Crippen LogP contribution in [-0.2, 0) is 16.0 Å². The fourth-order valence-electron chi connectivity index (χ4n) is 4.15. The molecule has 2 amide bonds. The van der Waals surface area contributed by atoms with Crippen molar-refractivity contribution in [2.45, 2.75) is 65.0 Å². The Morgan fingerprint density at radius 2 is 1.81 bits per heavy atom. The van der Waals surface area contributed by atoms with Crippen LogP contribution in [0, 0.1) is 13.8 Å². The highest BCUT2D eigenvalue weighted by atomic mass is 16.5.